The summed E-state index contributed by atoms with van der Waals surface area (Å²) in [5, 5.41) is 2.69. The summed E-state index contributed by atoms with van der Waals surface area (Å²) in [7, 11) is 0. The third kappa shape index (κ3) is 5.72. The molecule has 0 aromatic heterocycles. The average molecular weight is 344 g/mol. The van der Waals surface area contributed by atoms with Crippen molar-refractivity contribution < 1.29 is 9.53 Å². The summed E-state index contributed by atoms with van der Waals surface area (Å²) in [6.45, 7) is 0.284. The molecule has 2 rings (SSSR count). The van der Waals surface area contributed by atoms with Gasteiger partial charge in [0.1, 0.15) is 5.75 Å². The van der Waals surface area contributed by atoms with Crippen molar-refractivity contribution in [1.29, 1.82) is 0 Å². The predicted octanol–water partition coefficient (Wildman–Crippen LogP) is 3.00. The second kappa shape index (κ2) is 8.13. The first kappa shape index (κ1) is 15.1. The van der Waals surface area contributed by atoms with Crippen molar-refractivity contribution in [2.24, 2.45) is 0 Å². The molecule has 0 atom stereocenters. The molecule has 0 saturated carbocycles. The van der Waals surface area contributed by atoms with E-state index in [1.165, 1.54) is 0 Å². The van der Waals surface area contributed by atoms with E-state index in [1.54, 1.807) is 12.1 Å². The van der Waals surface area contributed by atoms with Crippen molar-refractivity contribution in [3.05, 3.63) is 64.6 Å². The average Bonchev–Trinajstić information content (AvgIpc) is 2.52. The molecule has 0 aliphatic carbocycles. The Balaban J connectivity index is 1.71. The molecule has 0 spiro atoms. The maximum absolute atomic E-state index is 11.6. The van der Waals surface area contributed by atoms with Crippen LogP contribution in [0.1, 0.15) is 5.56 Å². The fraction of sp³-hybridized carbons (Fsp3) is 0.118. The summed E-state index contributed by atoms with van der Waals surface area (Å²) < 4.78 is 6.33. The van der Waals surface area contributed by atoms with Crippen LogP contribution in [0.4, 0.5) is 0 Å². The molecule has 0 bridgehead atoms. The second-order valence-corrected chi connectivity index (χ2v) is 5.10. The number of hydrogen-bond acceptors (Lipinski definition) is 2. The highest BCUT2D eigenvalue weighted by molar-refractivity contribution is 9.10. The largest absolute Gasteiger partial charge is 0.484 e. The van der Waals surface area contributed by atoms with Gasteiger partial charge in [-0.1, -0.05) is 46.0 Å². The lowest BCUT2D eigenvalue weighted by molar-refractivity contribution is -0.122. The zero-order valence-corrected chi connectivity index (χ0v) is 12.9. The third-order valence-corrected chi connectivity index (χ3v) is 3.09. The number of nitrogens with one attached hydrogen (secondary N) is 1. The van der Waals surface area contributed by atoms with E-state index < -0.39 is 0 Å². The highest BCUT2D eigenvalue weighted by Crippen LogP contribution is 2.15. The lowest BCUT2D eigenvalue weighted by Gasteiger charge is -2.05. The normalized spacial score (nSPS) is 9.38. The van der Waals surface area contributed by atoms with Crippen LogP contribution >= 0.6 is 15.9 Å². The molecule has 2 aromatic carbocycles. The molecule has 0 heterocycles. The van der Waals surface area contributed by atoms with E-state index in [4.69, 9.17) is 4.74 Å². The zero-order chi connectivity index (χ0) is 14.9. The minimum absolute atomic E-state index is 0.0192. The van der Waals surface area contributed by atoms with Crippen LogP contribution < -0.4 is 10.1 Å². The first-order valence-corrected chi connectivity index (χ1v) is 7.22. The van der Waals surface area contributed by atoms with Crippen molar-refractivity contribution in [2.45, 2.75) is 0 Å². The molecule has 3 nitrogen and oxygen atoms in total. The smallest absolute Gasteiger partial charge is 0.258 e. The minimum atomic E-state index is -0.194. The van der Waals surface area contributed by atoms with E-state index in [0.717, 1.165) is 10.0 Å². The first-order valence-electron chi connectivity index (χ1n) is 6.43. The summed E-state index contributed by atoms with van der Waals surface area (Å²) in [6, 6.07) is 16.9. The highest BCUT2D eigenvalue weighted by atomic mass is 79.9. The number of amides is 1. The second-order valence-electron chi connectivity index (χ2n) is 4.19. The first-order chi connectivity index (χ1) is 10.2. The molecule has 0 fully saturated rings. The van der Waals surface area contributed by atoms with E-state index >= 15 is 0 Å². The molecule has 1 N–H and O–H groups in total. The lowest BCUT2D eigenvalue weighted by atomic mass is 10.2. The Bertz CT molecular complexity index is 642. The van der Waals surface area contributed by atoms with E-state index in [0.29, 0.717) is 12.3 Å². The van der Waals surface area contributed by atoms with Crippen LogP contribution in [0.5, 0.6) is 5.75 Å². The number of benzene rings is 2. The highest BCUT2D eigenvalue weighted by Gasteiger charge is 2.00. The van der Waals surface area contributed by atoms with Gasteiger partial charge < -0.3 is 10.1 Å². The van der Waals surface area contributed by atoms with E-state index in [2.05, 4.69) is 33.1 Å². The van der Waals surface area contributed by atoms with E-state index in [-0.39, 0.29) is 12.5 Å². The maximum Gasteiger partial charge on any atom is 0.258 e. The Kier molecular flexibility index (Phi) is 5.86. The summed E-state index contributed by atoms with van der Waals surface area (Å²) in [5.41, 5.74) is 0.929. The molecule has 21 heavy (non-hydrogen) atoms. The SMILES string of the molecule is O=C(COc1ccc(Br)cc1)NCC#Cc1ccccc1. The van der Waals surface area contributed by atoms with Gasteiger partial charge in [-0.3, -0.25) is 4.79 Å². The van der Waals surface area contributed by atoms with Crippen molar-refractivity contribution in [3.8, 4) is 17.6 Å². The van der Waals surface area contributed by atoms with Crippen molar-refractivity contribution >= 4 is 21.8 Å². The van der Waals surface area contributed by atoms with Gasteiger partial charge in [0.25, 0.3) is 5.91 Å². The summed E-state index contributed by atoms with van der Waals surface area (Å²) in [6.07, 6.45) is 0. The number of hydrogen-bond donors (Lipinski definition) is 1. The number of rotatable bonds is 4. The van der Waals surface area contributed by atoms with Gasteiger partial charge in [-0.15, -0.1) is 0 Å². The molecule has 0 unspecified atom stereocenters. The van der Waals surface area contributed by atoms with Crippen molar-refractivity contribution in [2.75, 3.05) is 13.2 Å². The number of halogens is 1. The predicted molar refractivity (Wildman–Crippen MR) is 86.0 cm³/mol. The van der Waals surface area contributed by atoms with Crippen LogP contribution in [-0.2, 0) is 4.79 Å². The molecule has 0 radical (unpaired) electrons. The van der Waals surface area contributed by atoms with Crippen LogP contribution in [0.3, 0.4) is 0 Å². The number of carbonyl (C=O) groups excluding carboxylic acids is 1. The molecule has 0 saturated heterocycles. The van der Waals surface area contributed by atoms with Gasteiger partial charge in [0.2, 0.25) is 0 Å². The third-order valence-electron chi connectivity index (χ3n) is 2.56. The Hall–Kier alpha value is -2.25. The van der Waals surface area contributed by atoms with E-state index in [1.807, 2.05) is 42.5 Å². The quantitative estimate of drug-likeness (QED) is 0.866. The Morgan fingerprint density at radius 2 is 1.81 bits per heavy atom. The molecule has 106 valence electrons. The van der Waals surface area contributed by atoms with Gasteiger partial charge in [-0.05, 0) is 36.4 Å². The van der Waals surface area contributed by atoms with Gasteiger partial charge in [0.05, 0.1) is 6.54 Å². The van der Waals surface area contributed by atoms with Gasteiger partial charge in [0.15, 0.2) is 6.61 Å². The summed E-state index contributed by atoms with van der Waals surface area (Å²) in [4.78, 5) is 11.6. The molecular formula is C17H14BrNO2. The fourth-order valence-electron chi connectivity index (χ4n) is 1.54. The van der Waals surface area contributed by atoms with Gasteiger partial charge >= 0.3 is 0 Å². The fourth-order valence-corrected chi connectivity index (χ4v) is 1.81. The standard InChI is InChI=1S/C17H14BrNO2/c18-15-8-10-16(11-9-15)21-13-17(20)19-12-4-7-14-5-2-1-3-6-14/h1-3,5-6,8-11H,12-13H2,(H,19,20). The number of ether oxygens (including phenoxy) is 1. The Morgan fingerprint density at radius 1 is 1.10 bits per heavy atom. The molecule has 2 aromatic rings. The Morgan fingerprint density at radius 3 is 2.52 bits per heavy atom. The van der Waals surface area contributed by atoms with Crippen LogP contribution in [0.15, 0.2) is 59.1 Å². The van der Waals surface area contributed by atoms with Gasteiger partial charge in [-0.2, -0.15) is 0 Å². The monoisotopic (exact) mass is 343 g/mol. The number of carbonyl (C=O) groups is 1. The maximum atomic E-state index is 11.6. The molecular weight excluding hydrogens is 330 g/mol. The van der Waals surface area contributed by atoms with Crippen molar-refractivity contribution in [1.82, 2.24) is 5.32 Å². The Labute approximate surface area is 132 Å². The van der Waals surface area contributed by atoms with Gasteiger partial charge in [-0.25, -0.2) is 0 Å². The van der Waals surface area contributed by atoms with Gasteiger partial charge in [0, 0.05) is 10.0 Å². The molecule has 0 aliphatic heterocycles. The minimum Gasteiger partial charge on any atom is -0.484 e. The van der Waals surface area contributed by atoms with Crippen LogP contribution in [0.2, 0.25) is 0 Å². The van der Waals surface area contributed by atoms with E-state index in [9.17, 15) is 4.79 Å². The zero-order valence-electron chi connectivity index (χ0n) is 11.3. The summed E-state index contributed by atoms with van der Waals surface area (Å²) in [5.74, 6) is 6.33. The van der Waals surface area contributed by atoms with Crippen LogP contribution in [0.25, 0.3) is 0 Å². The summed E-state index contributed by atoms with van der Waals surface area (Å²) >= 11 is 3.34. The molecule has 0 aliphatic rings. The topological polar surface area (TPSA) is 38.3 Å². The lowest BCUT2D eigenvalue weighted by Crippen LogP contribution is -2.29. The molecule has 1 amide bonds. The molecule has 4 heteroatoms. The van der Waals surface area contributed by atoms with Crippen LogP contribution in [0, 0.1) is 11.8 Å². The van der Waals surface area contributed by atoms with Crippen molar-refractivity contribution in [3.63, 3.8) is 0 Å². The van der Waals surface area contributed by atoms with Crippen LogP contribution in [-0.4, -0.2) is 19.1 Å².